The summed E-state index contributed by atoms with van der Waals surface area (Å²) in [6.45, 7) is 8.45. The van der Waals surface area contributed by atoms with E-state index in [1.54, 1.807) is 6.33 Å². The summed E-state index contributed by atoms with van der Waals surface area (Å²) < 4.78 is 3.94. The Bertz CT molecular complexity index is 542. The largest absolute Gasteiger partial charge is 0.308 e. The normalized spacial score (nSPS) is 13.0. The van der Waals surface area contributed by atoms with Crippen LogP contribution in [0.3, 0.4) is 0 Å². The molecule has 0 saturated carbocycles. The Morgan fingerprint density at radius 1 is 1.29 bits per heavy atom. The van der Waals surface area contributed by atoms with Crippen LogP contribution in [-0.2, 0) is 20.0 Å². The third kappa shape index (κ3) is 4.14. The monoisotopic (exact) mass is 290 g/mol. The number of nitrogens with one attached hydrogen (secondary N) is 1. The second-order valence-corrected chi connectivity index (χ2v) is 5.84. The smallest absolute Gasteiger partial charge is 0.138 e. The highest BCUT2D eigenvalue weighted by molar-refractivity contribution is 5.09. The van der Waals surface area contributed by atoms with Crippen LogP contribution in [0.5, 0.6) is 0 Å². The standard InChI is InChI=1S/C15H26N6/c1-5-7-16-13(14-6-8-18-20(14)4)9-15-17-11-19-21(15)10-12(2)3/h6,8,11-13,16H,5,7,9-10H2,1-4H3. The van der Waals surface area contributed by atoms with Crippen LogP contribution in [0.2, 0.25) is 0 Å². The van der Waals surface area contributed by atoms with Gasteiger partial charge in [-0.25, -0.2) is 9.67 Å². The first kappa shape index (κ1) is 15.7. The maximum Gasteiger partial charge on any atom is 0.138 e. The first-order valence-electron chi connectivity index (χ1n) is 7.69. The van der Waals surface area contributed by atoms with Gasteiger partial charge in [0.1, 0.15) is 12.2 Å². The van der Waals surface area contributed by atoms with Crippen LogP contribution in [-0.4, -0.2) is 31.1 Å². The summed E-state index contributed by atoms with van der Waals surface area (Å²) in [5.41, 5.74) is 1.18. The summed E-state index contributed by atoms with van der Waals surface area (Å²) in [6.07, 6.45) is 5.42. The van der Waals surface area contributed by atoms with Crippen molar-refractivity contribution in [3.05, 3.63) is 30.1 Å². The van der Waals surface area contributed by atoms with Crippen molar-refractivity contribution in [2.45, 2.75) is 46.2 Å². The number of rotatable bonds is 8. The van der Waals surface area contributed by atoms with E-state index in [2.05, 4.69) is 47.3 Å². The molecule has 0 amide bonds. The number of hydrogen-bond acceptors (Lipinski definition) is 4. The lowest BCUT2D eigenvalue weighted by Gasteiger charge is -2.19. The second-order valence-electron chi connectivity index (χ2n) is 5.84. The van der Waals surface area contributed by atoms with Crippen molar-refractivity contribution in [2.24, 2.45) is 13.0 Å². The average Bonchev–Trinajstić information content (AvgIpc) is 3.03. The number of hydrogen-bond donors (Lipinski definition) is 1. The summed E-state index contributed by atoms with van der Waals surface area (Å²) in [6, 6.07) is 2.28. The summed E-state index contributed by atoms with van der Waals surface area (Å²) in [4.78, 5) is 4.44. The van der Waals surface area contributed by atoms with Gasteiger partial charge >= 0.3 is 0 Å². The van der Waals surface area contributed by atoms with Crippen LogP contribution in [0, 0.1) is 5.92 Å². The Balaban J connectivity index is 2.15. The van der Waals surface area contributed by atoms with E-state index in [0.717, 1.165) is 31.8 Å². The molecule has 2 aromatic heterocycles. The van der Waals surface area contributed by atoms with Gasteiger partial charge in [-0.2, -0.15) is 10.2 Å². The molecule has 1 unspecified atom stereocenters. The molecular formula is C15H26N6. The molecule has 2 rings (SSSR count). The first-order valence-corrected chi connectivity index (χ1v) is 7.69. The molecule has 0 bridgehead atoms. The molecule has 0 aliphatic rings. The lowest BCUT2D eigenvalue weighted by molar-refractivity contribution is 0.434. The van der Waals surface area contributed by atoms with Gasteiger partial charge in [0.25, 0.3) is 0 Å². The molecule has 0 fully saturated rings. The Morgan fingerprint density at radius 3 is 2.71 bits per heavy atom. The van der Waals surface area contributed by atoms with Gasteiger partial charge in [-0.1, -0.05) is 20.8 Å². The summed E-state index contributed by atoms with van der Waals surface area (Å²) in [7, 11) is 1.98. The van der Waals surface area contributed by atoms with E-state index in [0.29, 0.717) is 5.92 Å². The average molecular weight is 290 g/mol. The van der Waals surface area contributed by atoms with Crippen LogP contribution >= 0.6 is 0 Å². The topological polar surface area (TPSA) is 60.6 Å². The van der Waals surface area contributed by atoms with E-state index in [-0.39, 0.29) is 6.04 Å². The number of nitrogens with zero attached hydrogens (tertiary/aromatic N) is 5. The predicted molar refractivity (Wildman–Crippen MR) is 82.8 cm³/mol. The fourth-order valence-electron chi connectivity index (χ4n) is 2.45. The summed E-state index contributed by atoms with van der Waals surface area (Å²) in [5, 5.41) is 12.2. The van der Waals surface area contributed by atoms with Crippen LogP contribution in [0.25, 0.3) is 0 Å². The van der Waals surface area contributed by atoms with Crippen molar-refractivity contribution < 1.29 is 0 Å². The molecule has 0 saturated heterocycles. The van der Waals surface area contributed by atoms with Crippen LogP contribution < -0.4 is 5.32 Å². The highest BCUT2D eigenvalue weighted by Crippen LogP contribution is 2.17. The van der Waals surface area contributed by atoms with E-state index in [1.165, 1.54) is 5.69 Å². The SMILES string of the molecule is CCCNC(Cc1ncnn1CC(C)C)c1ccnn1C. The van der Waals surface area contributed by atoms with Crippen molar-refractivity contribution in [3.63, 3.8) is 0 Å². The second kappa shape index (κ2) is 7.36. The van der Waals surface area contributed by atoms with Crippen molar-refractivity contribution in [1.29, 1.82) is 0 Å². The Hall–Kier alpha value is -1.69. The van der Waals surface area contributed by atoms with E-state index < -0.39 is 0 Å². The Morgan fingerprint density at radius 2 is 2.10 bits per heavy atom. The number of aromatic nitrogens is 5. The maximum absolute atomic E-state index is 4.44. The molecule has 21 heavy (non-hydrogen) atoms. The Labute approximate surface area is 126 Å². The third-order valence-corrected chi connectivity index (χ3v) is 3.48. The summed E-state index contributed by atoms with van der Waals surface area (Å²) >= 11 is 0. The highest BCUT2D eigenvalue weighted by Gasteiger charge is 2.18. The molecule has 2 heterocycles. The van der Waals surface area contributed by atoms with E-state index in [9.17, 15) is 0 Å². The quantitative estimate of drug-likeness (QED) is 0.807. The van der Waals surface area contributed by atoms with Crippen molar-refractivity contribution in [2.75, 3.05) is 6.54 Å². The van der Waals surface area contributed by atoms with Gasteiger partial charge in [-0.15, -0.1) is 0 Å². The molecule has 0 aliphatic heterocycles. The molecule has 0 aromatic carbocycles. The minimum absolute atomic E-state index is 0.215. The van der Waals surface area contributed by atoms with E-state index in [4.69, 9.17) is 0 Å². The predicted octanol–water partition coefficient (Wildman–Crippen LogP) is 1.95. The molecule has 1 atom stereocenters. The minimum atomic E-state index is 0.215. The fraction of sp³-hybridized carbons (Fsp3) is 0.667. The molecule has 2 aromatic rings. The van der Waals surface area contributed by atoms with Gasteiger partial charge in [0, 0.05) is 26.2 Å². The van der Waals surface area contributed by atoms with Crippen molar-refractivity contribution in [3.8, 4) is 0 Å². The minimum Gasteiger partial charge on any atom is -0.308 e. The van der Waals surface area contributed by atoms with Crippen LogP contribution in [0.4, 0.5) is 0 Å². The highest BCUT2D eigenvalue weighted by atomic mass is 15.3. The van der Waals surface area contributed by atoms with Gasteiger partial charge in [0.05, 0.1) is 11.7 Å². The van der Waals surface area contributed by atoms with Gasteiger partial charge < -0.3 is 5.32 Å². The molecular weight excluding hydrogens is 264 g/mol. The molecule has 6 nitrogen and oxygen atoms in total. The lowest BCUT2D eigenvalue weighted by Crippen LogP contribution is -2.27. The first-order chi connectivity index (χ1) is 10.1. The van der Waals surface area contributed by atoms with Gasteiger partial charge in [-0.3, -0.25) is 4.68 Å². The lowest BCUT2D eigenvalue weighted by atomic mass is 10.1. The van der Waals surface area contributed by atoms with E-state index in [1.807, 2.05) is 22.6 Å². The van der Waals surface area contributed by atoms with Crippen LogP contribution in [0.15, 0.2) is 18.6 Å². The third-order valence-electron chi connectivity index (χ3n) is 3.48. The zero-order valence-electron chi connectivity index (χ0n) is 13.5. The van der Waals surface area contributed by atoms with Gasteiger partial charge in [0.15, 0.2) is 0 Å². The summed E-state index contributed by atoms with van der Waals surface area (Å²) in [5.74, 6) is 1.59. The Kier molecular flexibility index (Phi) is 5.50. The van der Waals surface area contributed by atoms with E-state index >= 15 is 0 Å². The molecule has 0 aliphatic carbocycles. The fourth-order valence-corrected chi connectivity index (χ4v) is 2.45. The van der Waals surface area contributed by atoms with Gasteiger partial charge in [0.2, 0.25) is 0 Å². The molecule has 116 valence electrons. The molecule has 0 radical (unpaired) electrons. The zero-order valence-corrected chi connectivity index (χ0v) is 13.5. The van der Waals surface area contributed by atoms with Gasteiger partial charge in [-0.05, 0) is 24.9 Å². The van der Waals surface area contributed by atoms with Crippen molar-refractivity contribution >= 4 is 0 Å². The van der Waals surface area contributed by atoms with Crippen LogP contribution in [0.1, 0.15) is 44.8 Å². The maximum atomic E-state index is 4.44. The molecule has 1 N–H and O–H groups in total. The number of aryl methyl sites for hydroxylation is 1. The van der Waals surface area contributed by atoms with Crippen molar-refractivity contribution in [1.82, 2.24) is 29.9 Å². The molecule has 6 heteroatoms. The zero-order chi connectivity index (χ0) is 15.2. The molecule has 0 spiro atoms.